The Hall–Kier alpha value is -1.24. The highest BCUT2D eigenvalue weighted by Gasteiger charge is 2.18. The molecule has 0 aliphatic heterocycles. The van der Waals surface area contributed by atoms with Gasteiger partial charge < -0.3 is 20.3 Å². The van der Waals surface area contributed by atoms with Crippen LogP contribution in [0.25, 0.3) is 0 Å². The van der Waals surface area contributed by atoms with Crippen LogP contribution in [-0.4, -0.2) is 28.4 Å². The number of carbonyl (C=O) groups is 1. The van der Waals surface area contributed by atoms with Gasteiger partial charge in [-0.05, 0) is 12.0 Å². The molecule has 0 unspecified atom stereocenters. The van der Waals surface area contributed by atoms with E-state index in [2.05, 4.69) is 4.52 Å². The molecule has 0 saturated heterocycles. The first-order valence-corrected chi connectivity index (χ1v) is 7.08. The first-order chi connectivity index (χ1) is 8.88. The summed E-state index contributed by atoms with van der Waals surface area (Å²) in [5, 5.41) is 0. The van der Waals surface area contributed by atoms with Crippen molar-refractivity contribution in [2.45, 2.75) is 19.1 Å². The fraction of sp³-hybridized carbons (Fsp3) is 0.364. The van der Waals surface area contributed by atoms with Gasteiger partial charge in [-0.25, -0.2) is 4.57 Å². The molecule has 8 heteroatoms. The average molecular weight is 289 g/mol. The van der Waals surface area contributed by atoms with Crippen LogP contribution >= 0.6 is 7.82 Å². The average Bonchev–Trinajstić information content (AvgIpc) is 2.35. The molecule has 0 radical (unpaired) electrons. The van der Waals surface area contributed by atoms with Gasteiger partial charge >= 0.3 is 13.8 Å². The molecule has 0 aromatic heterocycles. The summed E-state index contributed by atoms with van der Waals surface area (Å²) in [5.41, 5.74) is 6.33. The predicted molar refractivity (Wildman–Crippen MR) is 66.8 cm³/mol. The first-order valence-electron chi connectivity index (χ1n) is 5.55. The van der Waals surface area contributed by atoms with Crippen molar-refractivity contribution < 1.29 is 28.4 Å². The summed E-state index contributed by atoms with van der Waals surface area (Å²) < 4.78 is 19.6. The monoisotopic (exact) mass is 289 g/mol. The third-order valence-corrected chi connectivity index (χ3v) is 2.73. The molecule has 1 aromatic carbocycles. The maximum Gasteiger partial charge on any atom is 0.469 e. The topological polar surface area (TPSA) is 119 Å². The number of hydrogen-bond donors (Lipinski definition) is 3. The van der Waals surface area contributed by atoms with E-state index < -0.39 is 19.8 Å². The van der Waals surface area contributed by atoms with Crippen LogP contribution in [-0.2, 0) is 25.2 Å². The number of esters is 1. The second-order valence-electron chi connectivity index (χ2n) is 3.81. The molecule has 19 heavy (non-hydrogen) atoms. The van der Waals surface area contributed by atoms with Gasteiger partial charge in [-0.3, -0.25) is 9.32 Å². The molecule has 7 nitrogen and oxygen atoms in total. The van der Waals surface area contributed by atoms with Gasteiger partial charge in [0.15, 0.2) is 0 Å². The van der Waals surface area contributed by atoms with Gasteiger partial charge in [-0.1, -0.05) is 30.3 Å². The summed E-state index contributed by atoms with van der Waals surface area (Å²) in [7, 11) is -4.52. The van der Waals surface area contributed by atoms with Crippen LogP contribution in [0, 0.1) is 0 Å². The number of phosphoric ester groups is 1. The van der Waals surface area contributed by atoms with Gasteiger partial charge in [-0.2, -0.15) is 0 Å². The molecule has 1 rings (SSSR count). The van der Waals surface area contributed by atoms with Crippen molar-refractivity contribution in [2.75, 3.05) is 6.61 Å². The normalized spacial score (nSPS) is 13.0. The van der Waals surface area contributed by atoms with Crippen molar-refractivity contribution in [2.24, 2.45) is 5.73 Å². The Morgan fingerprint density at radius 1 is 1.32 bits per heavy atom. The highest BCUT2D eigenvalue weighted by Crippen LogP contribution is 2.35. The van der Waals surface area contributed by atoms with E-state index in [9.17, 15) is 9.36 Å². The molecule has 0 heterocycles. The van der Waals surface area contributed by atoms with Gasteiger partial charge in [0.25, 0.3) is 0 Å². The smallest absolute Gasteiger partial charge is 0.460 e. The standard InChI is InChI=1S/C11H16NO6P/c12-10(6-7-18-19(14,15)16)11(13)17-8-9-4-2-1-3-5-9/h1-5,10H,6-8,12H2,(H2,14,15,16)/t10-/m0/s1. The van der Waals surface area contributed by atoms with Gasteiger partial charge in [-0.15, -0.1) is 0 Å². The fourth-order valence-electron chi connectivity index (χ4n) is 1.25. The van der Waals surface area contributed by atoms with Crippen molar-refractivity contribution in [3.63, 3.8) is 0 Å². The van der Waals surface area contributed by atoms with E-state index in [0.29, 0.717) is 0 Å². The van der Waals surface area contributed by atoms with Crippen molar-refractivity contribution in [1.29, 1.82) is 0 Å². The predicted octanol–water partition coefficient (Wildman–Crippen LogP) is 0.556. The lowest BCUT2D eigenvalue weighted by Crippen LogP contribution is -2.33. The zero-order valence-electron chi connectivity index (χ0n) is 10.1. The maximum absolute atomic E-state index is 11.5. The van der Waals surface area contributed by atoms with E-state index in [-0.39, 0.29) is 19.6 Å². The zero-order valence-corrected chi connectivity index (χ0v) is 11.0. The molecular formula is C11H16NO6P. The van der Waals surface area contributed by atoms with Crippen molar-refractivity contribution in [3.05, 3.63) is 35.9 Å². The van der Waals surface area contributed by atoms with E-state index in [1.54, 1.807) is 12.1 Å². The molecule has 106 valence electrons. The van der Waals surface area contributed by atoms with E-state index in [4.69, 9.17) is 20.3 Å². The molecule has 1 atom stereocenters. The van der Waals surface area contributed by atoms with Crippen molar-refractivity contribution in [3.8, 4) is 0 Å². The molecule has 4 N–H and O–H groups in total. The summed E-state index contributed by atoms with van der Waals surface area (Å²) in [6.07, 6.45) is -0.0290. The van der Waals surface area contributed by atoms with Gasteiger partial charge in [0.2, 0.25) is 0 Å². The molecular weight excluding hydrogens is 273 g/mol. The first kappa shape index (κ1) is 15.8. The van der Waals surface area contributed by atoms with E-state index in [0.717, 1.165) is 5.56 Å². The van der Waals surface area contributed by atoms with E-state index >= 15 is 0 Å². The minimum Gasteiger partial charge on any atom is -0.460 e. The molecule has 0 aliphatic carbocycles. The summed E-state index contributed by atoms with van der Waals surface area (Å²) in [4.78, 5) is 28.4. The van der Waals surface area contributed by atoms with Crippen molar-refractivity contribution >= 4 is 13.8 Å². The maximum atomic E-state index is 11.5. The van der Waals surface area contributed by atoms with Crippen LogP contribution in [0.2, 0.25) is 0 Å². The zero-order chi connectivity index (χ0) is 14.3. The minimum absolute atomic E-state index is 0.0290. The molecule has 0 spiro atoms. The molecule has 0 amide bonds. The Bertz CT molecular complexity index is 446. The van der Waals surface area contributed by atoms with Crippen LogP contribution in [0.15, 0.2) is 30.3 Å². The molecule has 0 aliphatic rings. The quantitative estimate of drug-likeness (QED) is 0.495. The number of carbonyl (C=O) groups excluding carboxylic acids is 1. The Labute approximate surface area is 110 Å². The number of hydrogen-bond acceptors (Lipinski definition) is 5. The second-order valence-corrected chi connectivity index (χ2v) is 5.05. The van der Waals surface area contributed by atoms with Crippen LogP contribution in [0.3, 0.4) is 0 Å². The number of nitrogens with two attached hydrogens (primary N) is 1. The summed E-state index contributed by atoms with van der Waals surface area (Å²) in [6, 6.07) is 8.10. The number of ether oxygens (including phenoxy) is 1. The Balaban J connectivity index is 2.27. The lowest BCUT2D eigenvalue weighted by atomic mass is 10.2. The highest BCUT2D eigenvalue weighted by molar-refractivity contribution is 7.46. The number of rotatable bonds is 7. The Morgan fingerprint density at radius 2 is 1.95 bits per heavy atom. The second kappa shape index (κ2) is 7.37. The minimum atomic E-state index is -4.52. The van der Waals surface area contributed by atoms with Crippen LogP contribution in [0.5, 0.6) is 0 Å². The molecule has 0 bridgehead atoms. The summed E-state index contributed by atoms with van der Waals surface area (Å²) in [6.45, 7) is -0.210. The molecule has 0 saturated carbocycles. The SMILES string of the molecule is N[C@@H](CCOP(=O)(O)O)C(=O)OCc1ccccc1. The number of benzene rings is 1. The third kappa shape index (κ3) is 7.05. The molecule has 1 aromatic rings. The largest absolute Gasteiger partial charge is 0.469 e. The Kier molecular flexibility index (Phi) is 6.14. The van der Waals surface area contributed by atoms with Gasteiger partial charge in [0, 0.05) is 0 Å². The van der Waals surface area contributed by atoms with Gasteiger partial charge in [0.05, 0.1) is 6.61 Å². The lowest BCUT2D eigenvalue weighted by molar-refractivity contribution is -0.146. The fourth-order valence-corrected chi connectivity index (χ4v) is 1.60. The van der Waals surface area contributed by atoms with E-state index in [1.165, 1.54) is 0 Å². The summed E-state index contributed by atoms with van der Waals surface area (Å²) in [5.74, 6) is -0.641. The Morgan fingerprint density at radius 3 is 2.53 bits per heavy atom. The summed E-state index contributed by atoms with van der Waals surface area (Å²) >= 11 is 0. The number of phosphoric acid groups is 1. The van der Waals surface area contributed by atoms with Crippen molar-refractivity contribution in [1.82, 2.24) is 0 Å². The van der Waals surface area contributed by atoms with Crippen LogP contribution in [0.4, 0.5) is 0 Å². The van der Waals surface area contributed by atoms with Crippen LogP contribution in [0.1, 0.15) is 12.0 Å². The molecule has 0 fully saturated rings. The van der Waals surface area contributed by atoms with E-state index in [1.807, 2.05) is 18.2 Å². The highest BCUT2D eigenvalue weighted by atomic mass is 31.2. The van der Waals surface area contributed by atoms with Gasteiger partial charge in [0.1, 0.15) is 12.6 Å². The lowest BCUT2D eigenvalue weighted by Gasteiger charge is -2.12. The third-order valence-electron chi connectivity index (χ3n) is 2.21. The van der Waals surface area contributed by atoms with Crippen LogP contribution < -0.4 is 5.73 Å².